The molecule has 0 radical (unpaired) electrons. The van der Waals surface area contributed by atoms with E-state index in [1.165, 1.54) is 0 Å². The van der Waals surface area contributed by atoms with Crippen molar-refractivity contribution in [3.63, 3.8) is 0 Å². The fourth-order valence-corrected chi connectivity index (χ4v) is 1.37. The van der Waals surface area contributed by atoms with E-state index < -0.39 is 6.03 Å². The van der Waals surface area contributed by atoms with Crippen LogP contribution in [0.3, 0.4) is 0 Å². The highest BCUT2D eigenvalue weighted by Gasteiger charge is 2.07. The van der Waals surface area contributed by atoms with Crippen LogP contribution in [0.5, 0.6) is 0 Å². The number of hydrogen-bond donors (Lipinski definition) is 5. The lowest BCUT2D eigenvalue weighted by atomic mass is 10.1. The monoisotopic (exact) mass is 232 g/mol. The zero-order valence-corrected chi connectivity index (χ0v) is 8.90. The van der Waals surface area contributed by atoms with E-state index in [1.807, 2.05) is 35.8 Å². The standard InChI is InChI=1S/C10H12N6O/c11-13-10(17)16-15-9-8(6-12-14-9)7-4-2-1-3-5-7/h1-6H,11H2,(H2,12,14,15)(H2,13,16,17). The van der Waals surface area contributed by atoms with Crippen LogP contribution in [0.1, 0.15) is 0 Å². The molecule has 0 bridgehead atoms. The Balaban J connectivity index is 2.15. The summed E-state index contributed by atoms with van der Waals surface area (Å²) in [6.07, 6.45) is 1.67. The van der Waals surface area contributed by atoms with Crippen LogP contribution < -0.4 is 22.1 Å². The van der Waals surface area contributed by atoms with E-state index in [1.54, 1.807) is 6.20 Å². The molecule has 0 fully saturated rings. The lowest BCUT2D eigenvalue weighted by molar-refractivity contribution is 0.243. The van der Waals surface area contributed by atoms with Gasteiger partial charge in [-0.05, 0) is 5.56 Å². The number of H-pyrrole nitrogens is 1. The number of carbonyl (C=O) groups excluding carboxylic acids is 1. The minimum atomic E-state index is -0.543. The second kappa shape index (κ2) is 4.99. The van der Waals surface area contributed by atoms with Crippen molar-refractivity contribution in [3.8, 4) is 11.1 Å². The molecular weight excluding hydrogens is 220 g/mol. The molecule has 7 heteroatoms. The summed E-state index contributed by atoms with van der Waals surface area (Å²) in [5.74, 6) is 5.52. The first-order chi connectivity index (χ1) is 8.31. The third kappa shape index (κ3) is 2.52. The fraction of sp³-hybridized carbons (Fsp3) is 0. The van der Waals surface area contributed by atoms with Crippen LogP contribution in [0.25, 0.3) is 11.1 Å². The molecule has 0 atom stereocenters. The predicted molar refractivity (Wildman–Crippen MR) is 63.5 cm³/mol. The summed E-state index contributed by atoms with van der Waals surface area (Å²) in [6, 6.07) is 9.12. The highest BCUT2D eigenvalue weighted by molar-refractivity contribution is 5.78. The van der Waals surface area contributed by atoms with Crippen molar-refractivity contribution in [1.82, 2.24) is 21.0 Å². The normalized spacial score (nSPS) is 9.71. The van der Waals surface area contributed by atoms with Crippen LogP contribution in [0.2, 0.25) is 0 Å². The molecule has 2 amide bonds. The molecule has 0 saturated carbocycles. The Morgan fingerprint density at radius 3 is 2.76 bits per heavy atom. The number of hydrazine groups is 2. The van der Waals surface area contributed by atoms with Gasteiger partial charge >= 0.3 is 6.03 Å². The summed E-state index contributed by atoms with van der Waals surface area (Å²) < 4.78 is 0. The first-order valence-electron chi connectivity index (χ1n) is 4.92. The van der Waals surface area contributed by atoms with Crippen molar-refractivity contribution in [2.75, 3.05) is 5.43 Å². The third-order valence-electron chi connectivity index (χ3n) is 2.16. The zero-order valence-electron chi connectivity index (χ0n) is 8.90. The number of aromatic amines is 1. The van der Waals surface area contributed by atoms with Crippen LogP contribution in [0.15, 0.2) is 36.5 Å². The van der Waals surface area contributed by atoms with Gasteiger partial charge in [-0.25, -0.2) is 16.1 Å². The van der Waals surface area contributed by atoms with Gasteiger partial charge in [0.05, 0.1) is 6.20 Å². The molecule has 6 N–H and O–H groups in total. The number of urea groups is 1. The van der Waals surface area contributed by atoms with Gasteiger partial charge in [0.2, 0.25) is 0 Å². The van der Waals surface area contributed by atoms with Crippen molar-refractivity contribution in [1.29, 1.82) is 0 Å². The number of aromatic nitrogens is 2. The number of amides is 2. The smallest absolute Gasteiger partial charge is 0.280 e. The summed E-state index contributed by atoms with van der Waals surface area (Å²) in [6.45, 7) is 0. The zero-order chi connectivity index (χ0) is 12.1. The van der Waals surface area contributed by atoms with Crippen molar-refractivity contribution in [3.05, 3.63) is 36.5 Å². The Labute approximate surface area is 97.3 Å². The first kappa shape index (κ1) is 11.0. The molecule has 1 aromatic heterocycles. The average molecular weight is 232 g/mol. The molecule has 1 aromatic carbocycles. The number of rotatable bonds is 3. The van der Waals surface area contributed by atoms with E-state index in [-0.39, 0.29) is 0 Å². The van der Waals surface area contributed by atoms with Crippen molar-refractivity contribution in [2.24, 2.45) is 5.84 Å². The molecule has 0 saturated heterocycles. The van der Waals surface area contributed by atoms with Crippen molar-refractivity contribution < 1.29 is 4.79 Å². The van der Waals surface area contributed by atoms with E-state index >= 15 is 0 Å². The predicted octanol–water partition coefficient (Wildman–Crippen LogP) is 0.576. The number of carbonyl (C=O) groups is 1. The van der Waals surface area contributed by atoms with Gasteiger partial charge in [0.1, 0.15) is 5.82 Å². The number of benzene rings is 1. The largest absolute Gasteiger partial charge is 0.347 e. The topological polar surface area (TPSA) is 108 Å². The van der Waals surface area contributed by atoms with Crippen molar-refractivity contribution >= 4 is 11.8 Å². The van der Waals surface area contributed by atoms with Crippen molar-refractivity contribution in [2.45, 2.75) is 0 Å². The average Bonchev–Trinajstić information content (AvgIpc) is 2.85. The first-order valence-corrected chi connectivity index (χ1v) is 4.92. The van der Waals surface area contributed by atoms with E-state index in [9.17, 15) is 4.79 Å². The van der Waals surface area contributed by atoms with Gasteiger partial charge in [-0.3, -0.25) is 16.0 Å². The molecule has 7 nitrogen and oxygen atoms in total. The lowest BCUT2D eigenvalue weighted by Gasteiger charge is -2.07. The minimum Gasteiger partial charge on any atom is -0.280 e. The fourth-order valence-electron chi connectivity index (χ4n) is 1.37. The highest BCUT2D eigenvalue weighted by Crippen LogP contribution is 2.24. The van der Waals surface area contributed by atoms with Crippen LogP contribution >= 0.6 is 0 Å². The molecule has 0 spiro atoms. The van der Waals surface area contributed by atoms with Gasteiger partial charge in [-0.2, -0.15) is 5.10 Å². The Kier molecular flexibility index (Phi) is 3.22. The van der Waals surface area contributed by atoms with Crippen LogP contribution in [-0.4, -0.2) is 16.2 Å². The van der Waals surface area contributed by atoms with Gasteiger partial charge in [0, 0.05) is 5.56 Å². The summed E-state index contributed by atoms with van der Waals surface area (Å²) in [5.41, 5.74) is 8.81. The molecule has 0 aliphatic rings. The van der Waals surface area contributed by atoms with Gasteiger partial charge < -0.3 is 0 Å². The second-order valence-electron chi connectivity index (χ2n) is 3.25. The number of hydrogen-bond acceptors (Lipinski definition) is 4. The summed E-state index contributed by atoms with van der Waals surface area (Å²) in [4.78, 5) is 10.9. The maximum atomic E-state index is 10.9. The quantitative estimate of drug-likeness (QED) is 0.303. The molecule has 0 aliphatic carbocycles. The Bertz CT molecular complexity index is 495. The molecule has 2 aromatic rings. The Hall–Kier alpha value is -2.54. The summed E-state index contributed by atoms with van der Waals surface area (Å²) >= 11 is 0. The second-order valence-corrected chi connectivity index (χ2v) is 3.25. The molecule has 88 valence electrons. The van der Waals surface area contributed by atoms with E-state index in [0.29, 0.717) is 5.82 Å². The Morgan fingerprint density at radius 2 is 2.06 bits per heavy atom. The number of nitrogens with two attached hydrogens (primary N) is 1. The van der Waals surface area contributed by atoms with Gasteiger partial charge in [-0.1, -0.05) is 30.3 Å². The number of nitrogens with zero attached hydrogens (tertiary/aromatic N) is 1. The molecule has 0 unspecified atom stereocenters. The maximum Gasteiger partial charge on any atom is 0.347 e. The van der Waals surface area contributed by atoms with Crippen LogP contribution in [0.4, 0.5) is 10.6 Å². The number of anilines is 1. The molecule has 1 heterocycles. The van der Waals surface area contributed by atoms with E-state index in [4.69, 9.17) is 5.84 Å². The van der Waals surface area contributed by atoms with Crippen LogP contribution in [0, 0.1) is 0 Å². The highest BCUT2D eigenvalue weighted by atomic mass is 16.2. The molecule has 2 rings (SSSR count). The minimum absolute atomic E-state index is 0.543. The van der Waals surface area contributed by atoms with E-state index in [0.717, 1.165) is 11.1 Å². The number of nitrogens with one attached hydrogen (secondary N) is 4. The maximum absolute atomic E-state index is 10.9. The van der Waals surface area contributed by atoms with Gasteiger partial charge in [0.15, 0.2) is 0 Å². The summed E-state index contributed by atoms with van der Waals surface area (Å²) in [7, 11) is 0. The summed E-state index contributed by atoms with van der Waals surface area (Å²) in [5, 5.41) is 6.65. The van der Waals surface area contributed by atoms with Crippen LogP contribution in [-0.2, 0) is 0 Å². The van der Waals surface area contributed by atoms with Gasteiger partial charge in [0.25, 0.3) is 0 Å². The molecule has 17 heavy (non-hydrogen) atoms. The SMILES string of the molecule is NNC(=O)NNc1[nH]ncc1-c1ccccc1. The molecule has 0 aliphatic heterocycles. The third-order valence-corrected chi connectivity index (χ3v) is 2.16. The molecular formula is C10H12N6O. The van der Waals surface area contributed by atoms with Gasteiger partial charge in [-0.15, -0.1) is 0 Å². The lowest BCUT2D eigenvalue weighted by Crippen LogP contribution is -2.42. The Morgan fingerprint density at radius 1 is 1.29 bits per heavy atom. The van der Waals surface area contributed by atoms with E-state index in [2.05, 4.69) is 21.0 Å².